The van der Waals surface area contributed by atoms with E-state index >= 15 is 0 Å². The lowest BCUT2D eigenvalue weighted by Crippen LogP contribution is -2.27. The van der Waals surface area contributed by atoms with Gasteiger partial charge in [0.15, 0.2) is 11.5 Å². The molecule has 1 saturated heterocycles. The van der Waals surface area contributed by atoms with Gasteiger partial charge in [-0.3, -0.25) is 9.78 Å². The molecule has 0 saturated carbocycles. The second-order valence-corrected chi connectivity index (χ2v) is 6.29. The minimum atomic E-state index is -0.147. The number of aromatic nitrogens is 1. The Bertz CT molecular complexity index is 758. The highest BCUT2D eigenvalue weighted by Gasteiger charge is 2.15. The molecule has 1 N–H and O–H groups in total. The Labute approximate surface area is 154 Å². The number of hydrogen-bond donors (Lipinski definition) is 1. The van der Waals surface area contributed by atoms with Gasteiger partial charge < -0.3 is 19.7 Å². The van der Waals surface area contributed by atoms with Gasteiger partial charge in [0.2, 0.25) is 0 Å². The zero-order valence-electron chi connectivity index (χ0n) is 15.3. The SMILES string of the molecule is COc1ccc(CCNC(=O)c2cc(N3CCCC3)ccn2)cc1OC. The Hall–Kier alpha value is -2.76. The standard InChI is InChI=1S/C20H25N3O3/c1-25-18-6-5-15(13-19(18)26-2)7-9-22-20(24)17-14-16(8-10-21-17)23-11-3-4-12-23/h5-6,8,10,13-14H,3-4,7,9,11-12H2,1-2H3,(H,22,24). The molecule has 1 fully saturated rings. The normalized spacial score (nSPS) is 13.5. The number of benzene rings is 1. The van der Waals surface area contributed by atoms with Crippen LogP contribution in [0.3, 0.4) is 0 Å². The van der Waals surface area contributed by atoms with Gasteiger partial charge in [0.1, 0.15) is 5.69 Å². The van der Waals surface area contributed by atoms with Crippen molar-refractivity contribution in [1.82, 2.24) is 10.3 Å². The Morgan fingerprint density at radius 1 is 1.12 bits per heavy atom. The summed E-state index contributed by atoms with van der Waals surface area (Å²) in [7, 11) is 3.23. The highest BCUT2D eigenvalue weighted by atomic mass is 16.5. The van der Waals surface area contributed by atoms with Gasteiger partial charge in [0.25, 0.3) is 5.91 Å². The van der Waals surface area contributed by atoms with Crippen molar-refractivity contribution in [3.05, 3.63) is 47.8 Å². The summed E-state index contributed by atoms with van der Waals surface area (Å²) >= 11 is 0. The Kier molecular flexibility index (Phi) is 5.94. The van der Waals surface area contributed by atoms with E-state index in [4.69, 9.17) is 9.47 Å². The third-order valence-corrected chi connectivity index (χ3v) is 4.59. The maximum atomic E-state index is 12.4. The van der Waals surface area contributed by atoms with Crippen LogP contribution in [0.2, 0.25) is 0 Å². The zero-order valence-corrected chi connectivity index (χ0v) is 15.3. The third kappa shape index (κ3) is 4.25. The van der Waals surface area contributed by atoms with Gasteiger partial charge in [0.05, 0.1) is 14.2 Å². The summed E-state index contributed by atoms with van der Waals surface area (Å²) in [6.45, 7) is 2.62. The summed E-state index contributed by atoms with van der Waals surface area (Å²) in [6, 6.07) is 9.61. The van der Waals surface area contributed by atoms with Crippen LogP contribution >= 0.6 is 0 Å². The summed E-state index contributed by atoms with van der Waals surface area (Å²) in [4.78, 5) is 18.9. The van der Waals surface area contributed by atoms with Crippen molar-refractivity contribution in [2.75, 3.05) is 38.8 Å². The number of carbonyl (C=O) groups is 1. The lowest BCUT2D eigenvalue weighted by molar-refractivity contribution is 0.0949. The molecule has 0 radical (unpaired) electrons. The number of hydrogen-bond acceptors (Lipinski definition) is 5. The van der Waals surface area contributed by atoms with Crippen molar-refractivity contribution in [2.45, 2.75) is 19.3 Å². The number of methoxy groups -OCH3 is 2. The quantitative estimate of drug-likeness (QED) is 0.827. The maximum absolute atomic E-state index is 12.4. The van der Waals surface area contributed by atoms with Crippen LogP contribution in [0.15, 0.2) is 36.5 Å². The van der Waals surface area contributed by atoms with Crippen molar-refractivity contribution in [1.29, 1.82) is 0 Å². The van der Waals surface area contributed by atoms with E-state index in [2.05, 4.69) is 15.2 Å². The molecule has 138 valence electrons. The number of ether oxygens (including phenoxy) is 2. The highest BCUT2D eigenvalue weighted by molar-refractivity contribution is 5.93. The van der Waals surface area contributed by atoms with Crippen LogP contribution in [-0.2, 0) is 6.42 Å². The predicted octanol–water partition coefficient (Wildman–Crippen LogP) is 2.67. The van der Waals surface area contributed by atoms with Gasteiger partial charge in [-0.1, -0.05) is 6.07 Å². The molecule has 1 aliphatic rings. The second kappa shape index (κ2) is 8.56. The van der Waals surface area contributed by atoms with Crippen molar-refractivity contribution in [2.24, 2.45) is 0 Å². The fraction of sp³-hybridized carbons (Fsp3) is 0.400. The zero-order chi connectivity index (χ0) is 18.4. The fourth-order valence-electron chi connectivity index (χ4n) is 3.16. The summed E-state index contributed by atoms with van der Waals surface area (Å²) in [6.07, 6.45) is 4.82. The monoisotopic (exact) mass is 355 g/mol. The van der Waals surface area contributed by atoms with Crippen LogP contribution < -0.4 is 19.7 Å². The van der Waals surface area contributed by atoms with Crippen LogP contribution in [0.1, 0.15) is 28.9 Å². The van der Waals surface area contributed by atoms with Crippen LogP contribution in [0.4, 0.5) is 5.69 Å². The maximum Gasteiger partial charge on any atom is 0.269 e. The molecule has 3 rings (SSSR count). The number of nitrogens with zero attached hydrogens (tertiary/aromatic N) is 2. The van der Waals surface area contributed by atoms with E-state index in [0.29, 0.717) is 30.2 Å². The molecule has 1 aromatic heterocycles. The van der Waals surface area contributed by atoms with E-state index in [-0.39, 0.29) is 5.91 Å². The van der Waals surface area contributed by atoms with Crippen LogP contribution in [0.5, 0.6) is 11.5 Å². The number of nitrogens with one attached hydrogen (secondary N) is 1. The first kappa shape index (κ1) is 18.0. The molecule has 0 atom stereocenters. The molecule has 2 heterocycles. The number of carbonyl (C=O) groups excluding carboxylic acids is 1. The molecule has 0 aliphatic carbocycles. The molecule has 2 aromatic rings. The molecule has 0 bridgehead atoms. The average molecular weight is 355 g/mol. The third-order valence-electron chi connectivity index (χ3n) is 4.59. The number of rotatable bonds is 7. The topological polar surface area (TPSA) is 63.7 Å². The Morgan fingerprint density at radius 3 is 2.62 bits per heavy atom. The number of pyridine rings is 1. The van der Waals surface area contributed by atoms with Gasteiger partial charge in [-0.05, 0) is 49.1 Å². The van der Waals surface area contributed by atoms with Crippen molar-refractivity contribution in [3.63, 3.8) is 0 Å². The molecule has 1 amide bonds. The summed E-state index contributed by atoms with van der Waals surface area (Å²) < 4.78 is 10.5. The minimum absolute atomic E-state index is 0.147. The van der Waals surface area contributed by atoms with E-state index in [0.717, 1.165) is 24.3 Å². The summed E-state index contributed by atoms with van der Waals surface area (Å²) in [5.41, 5.74) is 2.60. The molecule has 1 aliphatic heterocycles. The first-order valence-electron chi connectivity index (χ1n) is 8.91. The van der Waals surface area contributed by atoms with Gasteiger partial charge in [-0.15, -0.1) is 0 Å². The molecule has 6 nitrogen and oxygen atoms in total. The van der Waals surface area contributed by atoms with Crippen molar-refractivity contribution in [3.8, 4) is 11.5 Å². The predicted molar refractivity (Wildman–Crippen MR) is 101 cm³/mol. The first-order valence-corrected chi connectivity index (χ1v) is 8.91. The van der Waals surface area contributed by atoms with Crippen LogP contribution in [0.25, 0.3) is 0 Å². The van der Waals surface area contributed by atoms with Gasteiger partial charge >= 0.3 is 0 Å². The minimum Gasteiger partial charge on any atom is -0.493 e. The van der Waals surface area contributed by atoms with E-state index in [9.17, 15) is 4.79 Å². The van der Waals surface area contributed by atoms with Crippen molar-refractivity contribution < 1.29 is 14.3 Å². The van der Waals surface area contributed by atoms with Crippen molar-refractivity contribution >= 4 is 11.6 Å². The summed E-state index contributed by atoms with van der Waals surface area (Å²) in [5, 5.41) is 2.94. The van der Waals surface area contributed by atoms with Gasteiger partial charge in [0, 0.05) is 31.5 Å². The first-order chi connectivity index (χ1) is 12.7. The van der Waals surface area contributed by atoms with Gasteiger partial charge in [-0.25, -0.2) is 0 Å². The molecule has 0 unspecified atom stereocenters. The molecule has 0 spiro atoms. The molecule has 6 heteroatoms. The van der Waals surface area contributed by atoms with Crippen LogP contribution in [0, 0.1) is 0 Å². The Balaban J connectivity index is 1.56. The summed E-state index contributed by atoms with van der Waals surface area (Å²) in [5.74, 6) is 1.24. The van der Waals surface area contributed by atoms with E-state index in [1.807, 2.05) is 30.3 Å². The lowest BCUT2D eigenvalue weighted by atomic mass is 10.1. The number of amides is 1. The lowest BCUT2D eigenvalue weighted by Gasteiger charge is -2.17. The van der Waals surface area contributed by atoms with E-state index in [1.54, 1.807) is 20.4 Å². The average Bonchev–Trinajstić information content (AvgIpc) is 3.22. The largest absolute Gasteiger partial charge is 0.493 e. The van der Waals surface area contributed by atoms with Gasteiger partial charge in [-0.2, -0.15) is 0 Å². The van der Waals surface area contributed by atoms with Crippen LogP contribution in [-0.4, -0.2) is 44.7 Å². The van der Waals surface area contributed by atoms with E-state index in [1.165, 1.54) is 12.8 Å². The molecule has 1 aromatic carbocycles. The molecule has 26 heavy (non-hydrogen) atoms. The Morgan fingerprint density at radius 2 is 1.88 bits per heavy atom. The highest BCUT2D eigenvalue weighted by Crippen LogP contribution is 2.27. The smallest absolute Gasteiger partial charge is 0.269 e. The molecular formula is C20H25N3O3. The fourth-order valence-corrected chi connectivity index (χ4v) is 3.16. The second-order valence-electron chi connectivity index (χ2n) is 6.29. The van der Waals surface area contributed by atoms with E-state index < -0.39 is 0 Å². The molecular weight excluding hydrogens is 330 g/mol. The number of anilines is 1.